The van der Waals surface area contributed by atoms with Crippen LogP contribution in [0.4, 0.5) is 0 Å². The van der Waals surface area contributed by atoms with Crippen LogP contribution < -0.4 is 20.9 Å². The molecule has 4 nitrogen and oxygen atoms in total. The third-order valence-corrected chi connectivity index (χ3v) is 2.98. The van der Waals surface area contributed by atoms with Gasteiger partial charge in [0, 0.05) is 0 Å². The molecule has 1 rings (SSSR count). The number of methoxy groups -OCH3 is 2. The van der Waals surface area contributed by atoms with Crippen LogP contribution in [-0.2, 0) is 12.8 Å². The van der Waals surface area contributed by atoms with Crippen molar-refractivity contribution in [2.24, 2.45) is 11.5 Å². The number of benzene rings is 1. The molecular formula is C14H24N2O2. The second-order valence-electron chi connectivity index (χ2n) is 4.26. The molecule has 0 atom stereocenters. The van der Waals surface area contributed by atoms with Crippen LogP contribution in [0.5, 0.6) is 11.5 Å². The number of nitrogens with two attached hydrogens (primary N) is 2. The van der Waals surface area contributed by atoms with Crippen molar-refractivity contribution in [2.45, 2.75) is 25.7 Å². The maximum atomic E-state index is 5.55. The lowest BCUT2D eigenvalue weighted by atomic mass is 10.0. The lowest BCUT2D eigenvalue weighted by molar-refractivity contribution is 0.394. The molecule has 0 heterocycles. The number of aryl methyl sites for hydroxylation is 2. The zero-order valence-electron chi connectivity index (χ0n) is 11.4. The summed E-state index contributed by atoms with van der Waals surface area (Å²) in [6.07, 6.45) is 3.71. The third-order valence-electron chi connectivity index (χ3n) is 2.98. The van der Waals surface area contributed by atoms with Crippen molar-refractivity contribution in [2.75, 3.05) is 27.3 Å². The van der Waals surface area contributed by atoms with Gasteiger partial charge in [0.1, 0.15) is 11.5 Å². The van der Waals surface area contributed by atoms with E-state index in [0.29, 0.717) is 13.1 Å². The van der Waals surface area contributed by atoms with Crippen molar-refractivity contribution in [3.63, 3.8) is 0 Å². The number of hydrogen-bond acceptors (Lipinski definition) is 4. The lowest BCUT2D eigenvalue weighted by Crippen LogP contribution is -2.05. The van der Waals surface area contributed by atoms with Gasteiger partial charge >= 0.3 is 0 Å². The maximum absolute atomic E-state index is 5.55. The number of ether oxygens (including phenoxy) is 2. The van der Waals surface area contributed by atoms with E-state index in [1.165, 1.54) is 0 Å². The van der Waals surface area contributed by atoms with E-state index in [9.17, 15) is 0 Å². The summed E-state index contributed by atoms with van der Waals surface area (Å²) in [5.41, 5.74) is 13.4. The van der Waals surface area contributed by atoms with Crippen LogP contribution in [-0.4, -0.2) is 27.3 Å². The minimum absolute atomic E-state index is 0.681. The Labute approximate surface area is 109 Å². The molecule has 0 spiro atoms. The van der Waals surface area contributed by atoms with Crippen LogP contribution in [0.1, 0.15) is 24.0 Å². The monoisotopic (exact) mass is 252 g/mol. The molecule has 0 fully saturated rings. The normalized spacial score (nSPS) is 10.4. The molecule has 0 unspecified atom stereocenters. The van der Waals surface area contributed by atoms with Crippen molar-refractivity contribution in [3.05, 3.63) is 23.3 Å². The zero-order valence-corrected chi connectivity index (χ0v) is 11.4. The lowest BCUT2D eigenvalue weighted by Gasteiger charge is -2.14. The molecule has 0 aliphatic heterocycles. The second-order valence-corrected chi connectivity index (χ2v) is 4.26. The average Bonchev–Trinajstić information content (AvgIpc) is 2.42. The summed E-state index contributed by atoms with van der Waals surface area (Å²) >= 11 is 0. The Kier molecular flexibility index (Phi) is 6.54. The van der Waals surface area contributed by atoms with Gasteiger partial charge in [-0.05, 0) is 62.0 Å². The van der Waals surface area contributed by atoms with Crippen LogP contribution in [0.3, 0.4) is 0 Å². The van der Waals surface area contributed by atoms with Crippen molar-refractivity contribution in [3.8, 4) is 11.5 Å². The molecule has 102 valence electrons. The molecule has 0 aliphatic carbocycles. The molecule has 4 heteroatoms. The van der Waals surface area contributed by atoms with E-state index in [1.807, 2.05) is 0 Å². The standard InChI is InChI=1S/C14H24N2O2/c1-17-13-9-12(6-4-8-16)14(18-2)10-11(13)5-3-7-15/h9-10H,3-8,15-16H2,1-2H3. The van der Waals surface area contributed by atoms with Gasteiger partial charge < -0.3 is 20.9 Å². The first-order chi connectivity index (χ1) is 8.76. The van der Waals surface area contributed by atoms with Crippen molar-refractivity contribution < 1.29 is 9.47 Å². The van der Waals surface area contributed by atoms with Gasteiger partial charge in [-0.25, -0.2) is 0 Å². The Morgan fingerprint density at radius 2 is 1.22 bits per heavy atom. The Morgan fingerprint density at radius 3 is 1.50 bits per heavy atom. The number of hydrogen-bond donors (Lipinski definition) is 2. The summed E-state index contributed by atoms with van der Waals surface area (Å²) < 4.78 is 10.9. The van der Waals surface area contributed by atoms with E-state index in [4.69, 9.17) is 20.9 Å². The van der Waals surface area contributed by atoms with Crippen LogP contribution in [0.25, 0.3) is 0 Å². The fraction of sp³-hybridized carbons (Fsp3) is 0.571. The van der Waals surface area contributed by atoms with E-state index < -0.39 is 0 Å². The summed E-state index contributed by atoms with van der Waals surface area (Å²) in [6.45, 7) is 1.36. The van der Waals surface area contributed by atoms with Gasteiger partial charge in [0.2, 0.25) is 0 Å². The van der Waals surface area contributed by atoms with Gasteiger partial charge in [0.25, 0.3) is 0 Å². The number of rotatable bonds is 8. The summed E-state index contributed by atoms with van der Waals surface area (Å²) in [5, 5.41) is 0. The summed E-state index contributed by atoms with van der Waals surface area (Å²) in [4.78, 5) is 0. The van der Waals surface area contributed by atoms with Crippen LogP contribution in [0.15, 0.2) is 12.1 Å². The Bertz CT molecular complexity index is 331. The fourth-order valence-electron chi connectivity index (χ4n) is 2.00. The molecule has 0 saturated carbocycles. The molecule has 0 amide bonds. The highest BCUT2D eigenvalue weighted by molar-refractivity contribution is 5.46. The molecule has 0 bridgehead atoms. The van der Waals surface area contributed by atoms with E-state index in [1.54, 1.807) is 14.2 Å². The molecule has 0 saturated heterocycles. The van der Waals surface area contributed by atoms with Crippen molar-refractivity contribution in [1.82, 2.24) is 0 Å². The predicted molar refractivity (Wildman–Crippen MR) is 74.3 cm³/mol. The zero-order chi connectivity index (χ0) is 13.4. The van der Waals surface area contributed by atoms with Gasteiger partial charge in [-0.1, -0.05) is 0 Å². The molecule has 18 heavy (non-hydrogen) atoms. The predicted octanol–water partition coefficient (Wildman–Crippen LogP) is 1.49. The Morgan fingerprint density at radius 1 is 0.833 bits per heavy atom. The minimum atomic E-state index is 0.681. The van der Waals surface area contributed by atoms with Crippen molar-refractivity contribution >= 4 is 0 Å². The molecule has 1 aromatic carbocycles. The van der Waals surface area contributed by atoms with Gasteiger partial charge in [-0.3, -0.25) is 0 Å². The SMILES string of the molecule is COc1cc(CCCN)c(OC)cc1CCCN. The first-order valence-electron chi connectivity index (χ1n) is 6.40. The molecular weight excluding hydrogens is 228 g/mol. The quantitative estimate of drug-likeness (QED) is 0.735. The molecule has 1 aromatic rings. The first-order valence-corrected chi connectivity index (χ1v) is 6.40. The summed E-state index contributed by atoms with van der Waals surface area (Å²) in [6, 6.07) is 4.11. The van der Waals surface area contributed by atoms with Gasteiger partial charge in [0.05, 0.1) is 14.2 Å². The largest absolute Gasteiger partial charge is 0.496 e. The molecule has 0 radical (unpaired) electrons. The van der Waals surface area contributed by atoms with E-state index in [-0.39, 0.29) is 0 Å². The van der Waals surface area contributed by atoms with E-state index in [2.05, 4.69) is 12.1 Å². The topological polar surface area (TPSA) is 70.5 Å². The maximum Gasteiger partial charge on any atom is 0.122 e. The second kappa shape index (κ2) is 7.95. The molecule has 0 aliphatic rings. The Balaban J connectivity index is 2.98. The highest BCUT2D eigenvalue weighted by Crippen LogP contribution is 2.30. The fourth-order valence-corrected chi connectivity index (χ4v) is 2.00. The van der Waals surface area contributed by atoms with Crippen LogP contribution >= 0.6 is 0 Å². The first kappa shape index (κ1) is 14.8. The summed E-state index contributed by atoms with van der Waals surface area (Å²) in [5.74, 6) is 1.83. The highest BCUT2D eigenvalue weighted by Gasteiger charge is 2.10. The third kappa shape index (κ3) is 3.89. The average molecular weight is 252 g/mol. The minimum Gasteiger partial charge on any atom is -0.496 e. The van der Waals surface area contributed by atoms with E-state index >= 15 is 0 Å². The highest BCUT2D eigenvalue weighted by atomic mass is 16.5. The molecule has 0 aromatic heterocycles. The van der Waals surface area contributed by atoms with Gasteiger partial charge in [0.15, 0.2) is 0 Å². The molecule has 4 N–H and O–H groups in total. The summed E-state index contributed by atoms with van der Waals surface area (Å²) in [7, 11) is 3.39. The Hall–Kier alpha value is -1.26. The van der Waals surface area contributed by atoms with Crippen molar-refractivity contribution in [1.29, 1.82) is 0 Å². The van der Waals surface area contributed by atoms with Gasteiger partial charge in [-0.2, -0.15) is 0 Å². The van der Waals surface area contributed by atoms with E-state index in [0.717, 1.165) is 48.3 Å². The van der Waals surface area contributed by atoms with Crippen LogP contribution in [0.2, 0.25) is 0 Å². The van der Waals surface area contributed by atoms with Crippen LogP contribution in [0, 0.1) is 0 Å². The van der Waals surface area contributed by atoms with Gasteiger partial charge in [-0.15, -0.1) is 0 Å². The smallest absolute Gasteiger partial charge is 0.122 e.